The molecule has 1 saturated carbocycles. The Labute approximate surface area is 276 Å². The Balaban J connectivity index is 1.63. The molecule has 4 aliphatic rings. The molecule has 246 valence electrons. The van der Waals surface area contributed by atoms with E-state index in [0.29, 0.717) is 64.8 Å². The predicted octanol–water partition coefficient (Wildman–Crippen LogP) is 6.99. The summed E-state index contributed by atoms with van der Waals surface area (Å²) in [6.07, 6.45) is 9.17. The summed E-state index contributed by atoms with van der Waals surface area (Å²) in [4.78, 5) is 24.6. The van der Waals surface area contributed by atoms with E-state index in [2.05, 4.69) is 40.1 Å². The molecule has 3 fully saturated rings. The fraction of sp³-hybridized carbons (Fsp3) is 0.405. The van der Waals surface area contributed by atoms with Gasteiger partial charge in [-0.2, -0.15) is 5.11 Å². The van der Waals surface area contributed by atoms with Crippen molar-refractivity contribution in [1.29, 1.82) is 10.9 Å². The van der Waals surface area contributed by atoms with Crippen molar-refractivity contribution in [1.82, 2.24) is 10.2 Å². The standard InChI is InChI=1S/C37H44FN7O2/c1-8-21(4)41-18-28(10-3)47-36-23(6)31(16-39)33(35(44-36)45-19-26(17-42-40)37(20-45)11-12-37)30-15-27(38)14-29(22(30)5)25(9-2)13-32(46)34-24(7)43-34/h8-10,14-16,18,24,26,34,36,39-40,43H,1,3,6,11-13,17,19-20H2,2,4-5,7H3. The van der Waals surface area contributed by atoms with Gasteiger partial charge in [0.05, 0.1) is 18.8 Å². The number of rotatable bonds is 13. The quantitative estimate of drug-likeness (QED) is 0.0706. The summed E-state index contributed by atoms with van der Waals surface area (Å²) in [5, 5.41) is 15.5. The first-order valence-corrected chi connectivity index (χ1v) is 16.0. The minimum atomic E-state index is -0.894. The number of carbonyl (C=O) groups excluding carboxylic acids is 1. The van der Waals surface area contributed by atoms with Gasteiger partial charge < -0.3 is 20.4 Å². The second-order valence-electron chi connectivity index (χ2n) is 12.9. The molecule has 9 nitrogen and oxygen atoms in total. The van der Waals surface area contributed by atoms with Crippen LogP contribution in [-0.4, -0.2) is 66.4 Å². The molecule has 1 aromatic rings. The van der Waals surface area contributed by atoms with Crippen molar-refractivity contribution < 1.29 is 13.9 Å². The van der Waals surface area contributed by atoms with Crippen LogP contribution in [0.25, 0.3) is 11.1 Å². The lowest BCUT2D eigenvalue weighted by molar-refractivity contribution is -0.117. The van der Waals surface area contributed by atoms with Crippen LogP contribution in [-0.2, 0) is 9.53 Å². The van der Waals surface area contributed by atoms with E-state index in [0.717, 1.165) is 24.0 Å². The Kier molecular flexibility index (Phi) is 9.81. The first-order chi connectivity index (χ1) is 22.5. The summed E-state index contributed by atoms with van der Waals surface area (Å²) in [7, 11) is 0. The van der Waals surface area contributed by atoms with Gasteiger partial charge in [0, 0.05) is 60.1 Å². The first kappa shape index (κ1) is 33.8. The molecule has 0 radical (unpaired) electrons. The van der Waals surface area contributed by atoms with E-state index in [-0.39, 0.29) is 35.6 Å². The van der Waals surface area contributed by atoms with Crippen LogP contribution in [0.4, 0.5) is 4.39 Å². The number of carbonyl (C=O) groups is 1. The largest absolute Gasteiger partial charge is 0.463 e. The van der Waals surface area contributed by atoms with Gasteiger partial charge in [-0.05, 0) is 92.5 Å². The third-order valence-electron chi connectivity index (χ3n) is 9.86. The number of nitrogens with zero attached hydrogens (tertiary/aromatic N) is 4. The molecule has 0 bridgehead atoms. The second kappa shape index (κ2) is 13.7. The zero-order chi connectivity index (χ0) is 34.0. The monoisotopic (exact) mass is 637 g/mol. The first-order valence-electron chi connectivity index (χ1n) is 16.0. The molecule has 0 amide bonds. The summed E-state index contributed by atoms with van der Waals surface area (Å²) < 4.78 is 21.9. The number of likely N-dealkylation sites (tertiary alicyclic amines) is 1. The zero-order valence-corrected chi connectivity index (χ0v) is 27.7. The number of Topliss-reactive ketones (excluding diaryl/α,β-unsaturated/α-hetero) is 1. The lowest BCUT2D eigenvalue weighted by Crippen LogP contribution is -2.36. The van der Waals surface area contributed by atoms with Gasteiger partial charge in [-0.3, -0.25) is 9.79 Å². The van der Waals surface area contributed by atoms with Gasteiger partial charge in [0.25, 0.3) is 0 Å². The molecular formula is C37H44FN7O2. The number of allylic oxidation sites excluding steroid dienone is 4. The highest BCUT2D eigenvalue weighted by molar-refractivity contribution is 6.29. The highest BCUT2D eigenvalue weighted by Gasteiger charge is 2.56. The average Bonchev–Trinajstić information content (AvgIpc) is 3.97. The van der Waals surface area contributed by atoms with Crippen LogP contribution < -0.4 is 5.32 Å². The summed E-state index contributed by atoms with van der Waals surface area (Å²) in [6.45, 7) is 21.2. The van der Waals surface area contributed by atoms with Crippen molar-refractivity contribution in [2.75, 3.05) is 19.6 Å². The Morgan fingerprint density at radius 2 is 2.02 bits per heavy atom. The lowest BCUT2D eigenvalue weighted by atomic mass is 9.85. The van der Waals surface area contributed by atoms with Crippen LogP contribution >= 0.6 is 0 Å². The van der Waals surface area contributed by atoms with E-state index < -0.39 is 12.0 Å². The molecule has 5 rings (SSSR count). The molecule has 3 aliphatic heterocycles. The Morgan fingerprint density at radius 3 is 2.60 bits per heavy atom. The van der Waals surface area contributed by atoms with E-state index in [4.69, 9.17) is 20.7 Å². The molecule has 47 heavy (non-hydrogen) atoms. The maximum absolute atomic E-state index is 15.7. The third-order valence-corrected chi connectivity index (χ3v) is 9.86. The van der Waals surface area contributed by atoms with E-state index in [9.17, 15) is 4.79 Å². The molecule has 3 N–H and O–H groups in total. The summed E-state index contributed by atoms with van der Waals surface area (Å²) in [5.41, 5.74) is 12.6. The molecule has 1 spiro atoms. The second-order valence-corrected chi connectivity index (χ2v) is 12.9. The van der Waals surface area contributed by atoms with Gasteiger partial charge in [0.2, 0.25) is 6.23 Å². The maximum Gasteiger partial charge on any atom is 0.218 e. The molecule has 10 heteroatoms. The van der Waals surface area contributed by atoms with Crippen molar-refractivity contribution in [2.45, 2.75) is 65.3 Å². The number of benzene rings is 1. The molecule has 1 aliphatic carbocycles. The van der Waals surface area contributed by atoms with E-state index >= 15 is 4.39 Å². The Bertz CT molecular complexity index is 1690. The Hall–Kier alpha value is -4.57. The number of amidine groups is 1. The summed E-state index contributed by atoms with van der Waals surface area (Å²) in [6, 6.07) is 2.91. The summed E-state index contributed by atoms with van der Waals surface area (Å²) >= 11 is 0. The van der Waals surface area contributed by atoms with Gasteiger partial charge in [-0.25, -0.2) is 14.9 Å². The van der Waals surface area contributed by atoms with Crippen molar-refractivity contribution in [3.05, 3.63) is 95.7 Å². The van der Waals surface area contributed by atoms with Crippen LogP contribution in [0.2, 0.25) is 0 Å². The molecule has 4 atom stereocenters. The zero-order valence-electron chi connectivity index (χ0n) is 27.7. The number of ether oxygens (including phenoxy) is 1. The molecule has 3 heterocycles. The smallest absolute Gasteiger partial charge is 0.218 e. The molecular weight excluding hydrogens is 593 g/mol. The maximum atomic E-state index is 15.7. The van der Waals surface area contributed by atoms with Crippen molar-refractivity contribution in [3.63, 3.8) is 0 Å². The van der Waals surface area contributed by atoms with Crippen LogP contribution in [0.5, 0.6) is 0 Å². The highest BCUT2D eigenvalue weighted by Crippen LogP contribution is 2.57. The minimum Gasteiger partial charge on any atom is -0.463 e. The number of hydrogen-bond donors (Lipinski definition) is 3. The van der Waals surface area contributed by atoms with Crippen molar-refractivity contribution in [2.24, 2.45) is 26.4 Å². The summed E-state index contributed by atoms with van der Waals surface area (Å²) in [5.74, 6) is 0.733. The van der Waals surface area contributed by atoms with Gasteiger partial charge >= 0.3 is 0 Å². The van der Waals surface area contributed by atoms with Gasteiger partial charge in [-0.15, -0.1) is 0 Å². The van der Waals surface area contributed by atoms with Gasteiger partial charge in [-0.1, -0.05) is 25.8 Å². The third kappa shape index (κ3) is 6.79. The van der Waals surface area contributed by atoms with Gasteiger partial charge in [0.15, 0.2) is 5.78 Å². The molecule has 0 aromatic heterocycles. The molecule has 4 unspecified atom stereocenters. The average molecular weight is 638 g/mol. The number of aliphatic imine (C=N–C) groups is 2. The minimum absolute atomic E-state index is 0.0472. The van der Waals surface area contributed by atoms with Crippen molar-refractivity contribution in [3.8, 4) is 0 Å². The van der Waals surface area contributed by atoms with Gasteiger partial charge in [0.1, 0.15) is 17.4 Å². The van der Waals surface area contributed by atoms with Crippen LogP contribution in [0, 0.1) is 35.0 Å². The fourth-order valence-corrected chi connectivity index (χ4v) is 6.72. The lowest BCUT2D eigenvalue weighted by Gasteiger charge is -2.33. The fourth-order valence-electron chi connectivity index (χ4n) is 6.72. The number of ketones is 1. The highest BCUT2D eigenvalue weighted by atomic mass is 19.1. The number of dihydropyridines is 1. The molecule has 2 saturated heterocycles. The normalized spacial score (nSPS) is 25.5. The number of nitrogens with one attached hydrogen (secondary N) is 3. The van der Waals surface area contributed by atoms with E-state index in [1.807, 2.05) is 33.8 Å². The van der Waals surface area contributed by atoms with Crippen LogP contribution in [0.3, 0.4) is 0 Å². The predicted molar refractivity (Wildman–Crippen MR) is 186 cm³/mol. The Morgan fingerprint density at radius 1 is 1.30 bits per heavy atom. The SMILES string of the molecule is C=CC(=CN=C(C)C=C)OC1N=C(N2CC(CN=N)C3(CC3)C2)C(c2cc(F)cc(C(=CC)CC(=O)C3NC3C)c2C)=C(C=N)C1=C. The van der Waals surface area contributed by atoms with E-state index in [1.165, 1.54) is 30.6 Å². The van der Waals surface area contributed by atoms with Crippen LogP contribution in [0.15, 0.2) is 88.3 Å². The molecule has 1 aromatic carbocycles. The number of halogens is 1. The van der Waals surface area contributed by atoms with E-state index in [1.54, 1.807) is 6.08 Å². The topological polar surface area (TPSA) is 136 Å². The van der Waals surface area contributed by atoms with Crippen molar-refractivity contribution >= 4 is 34.7 Å². The number of hydrogen-bond acceptors (Lipinski definition) is 9. The van der Waals surface area contributed by atoms with Crippen LogP contribution in [0.1, 0.15) is 56.7 Å².